The molecule has 0 saturated carbocycles. The van der Waals surface area contributed by atoms with Crippen LogP contribution in [0.3, 0.4) is 0 Å². The number of hydrogen-bond donors (Lipinski definition) is 0. The number of ether oxygens (including phenoxy) is 1. The second kappa shape index (κ2) is 4.70. The molecule has 0 N–H and O–H groups in total. The van der Waals surface area contributed by atoms with Gasteiger partial charge in [0.05, 0.1) is 7.11 Å². The first-order chi connectivity index (χ1) is 6.19. The Labute approximate surface area is 84.0 Å². The van der Waals surface area contributed by atoms with Gasteiger partial charge in [-0.1, -0.05) is 13.3 Å². The summed E-state index contributed by atoms with van der Waals surface area (Å²) in [6.45, 7) is 3.55. The lowest BCUT2D eigenvalue weighted by atomic mass is 9.95. The smallest absolute Gasteiger partial charge is 0.409 e. The van der Waals surface area contributed by atoms with Gasteiger partial charge in [-0.25, -0.2) is 4.79 Å². The van der Waals surface area contributed by atoms with Gasteiger partial charge in [-0.05, 0) is 12.3 Å². The number of halogens is 1. The Balaban J connectivity index is 2.49. The fourth-order valence-electron chi connectivity index (χ4n) is 1.68. The maximum Gasteiger partial charge on any atom is 0.409 e. The van der Waals surface area contributed by atoms with Gasteiger partial charge in [0.15, 0.2) is 0 Å². The van der Waals surface area contributed by atoms with Gasteiger partial charge in [0, 0.05) is 18.5 Å². The molecule has 1 saturated heterocycles. The zero-order chi connectivity index (χ0) is 9.84. The molecule has 1 fully saturated rings. The van der Waals surface area contributed by atoms with Crippen LogP contribution in [0.1, 0.15) is 19.8 Å². The van der Waals surface area contributed by atoms with Gasteiger partial charge >= 0.3 is 6.09 Å². The van der Waals surface area contributed by atoms with Gasteiger partial charge in [0.25, 0.3) is 0 Å². The summed E-state index contributed by atoms with van der Waals surface area (Å²) in [5, 5.41) is 0.214. The van der Waals surface area contributed by atoms with E-state index in [2.05, 4.69) is 11.7 Å². The number of alkyl halides is 1. The molecule has 0 bridgehead atoms. The molecule has 4 heteroatoms. The van der Waals surface area contributed by atoms with Crippen LogP contribution in [0.2, 0.25) is 0 Å². The number of likely N-dealkylation sites (tertiary alicyclic amines) is 1. The van der Waals surface area contributed by atoms with Gasteiger partial charge in [0.1, 0.15) is 0 Å². The van der Waals surface area contributed by atoms with Crippen LogP contribution in [0.15, 0.2) is 0 Å². The molecule has 0 unspecified atom stereocenters. The van der Waals surface area contributed by atoms with E-state index in [9.17, 15) is 4.79 Å². The minimum absolute atomic E-state index is 0.214. The van der Waals surface area contributed by atoms with Crippen molar-refractivity contribution < 1.29 is 9.53 Å². The highest BCUT2D eigenvalue weighted by molar-refractivity contribution is 6.20. The zero-order valence-corrected chi connectivity index (χ0v) is 8.88. The minimum atomic E-state index is -0.234. The van der Waals surface area contributed by atoms with Crippen molar-refractivity contribution in [1.82, 2.24) is 4.90 Å². The summed E-state index contributed by atoms with van der Waals surface area (Å²) in [7, 11) is 1.41. The van der Waals surface area contributed by atoms with E-state index < -0.39 is 0 Å². The van der Waals surface area contributed by atoms with E-state index >= 15 is 0 Å². The summed E-state index contributed by atoms with van der Waals surface area (Å²) < 4.78 is 4.66. The van der Waals surface area contributed by atoms with Crippen LogP contribution in [0, 0.1) is 5.92 Å². The number of nitrogens with zero attached hydrogens (tertiary/aromatic N) is 1. The summed E-state index contributed by atoms with van der Waals surface area (Å²) in [5.41, 5.74) is 0. The summed E-state index contributed by atoms with van der Waals surface area (Å²) >= 11 is 6.12. The van der Waals surface area contributed by atoms with Crippen molar-refractivity contribution in [3.05, 3.63) is 0 Å². The first kappa shape index (κ1) is 10.6. The van der Waals surface area contributed by atoms with Crippen LogP contribution in [-0.4, -0.2) is 36.6 Å². The fourth-order valence-corrected chi connectivity index (χ4v) is 2.04. The Morgan fingerprint density at radius 1 is 1.69 bits per heavy atom. The average Bonchev–Trinajstić information content (AvgIpc) is 2.17. The number of rotatable bonds is 1. The van der Waals surface area contributed by atoms with Crippen molar-refractivity contribution in [3.63, 3.8) is 0 Å². The van der Waals surface area contributed by atoms with Crippen molar-refractivity contribution in [2.75, 3.05) is 20.2 Å². The standard InChI is InChI=1S/C9H16ClNO2/c1-3-7-6-11(9(12)13-2)5-4-8(7)10/h7-8H,3-6H2,1-2H3/t7-,8-/m0/s1. The Kier molecular flexibility index (Phi) is 3.85. The third-order valence-electron chi connectivity index (χ3n) is 2.60. The molecule has 0 aromatic rings. The van der Waals surface area contributed by atoms with Crippen LogP contribution >= 0.6 is 11.6 Å². The summed E-state index contributed by atoms with van der Waals surface area (Å²) in [6, 6.07) is 0. The number of hydrogen-bond acceptors (Lipinski definition) is 2. The molecule has 13 heavy (non-hydrogen) atoms. The van der Waals surface area contributed by atoms with Crippen LogP contribution in [0.5, 0.6) is 0 Å². The van der Waals surface area contributed by atoms with Crippen molar-refractivity contribution in [2.45, 2.75) is 25.1 Å². The third-order valence-corrected chi connectivity index (χ3v) is 3.17. The van der Waals surface area contributed by atoms with Gasteiger partial charge in [-0.2, -0.15) is 0 Å². The molecule has 1 aliphatic heterocycles. The number of methoxy groups -OCH3 is 1. The molecule has 1 rings (SSSR count). The highest BCUT2D eigenvalue weighted by Gasteiger charge is 2.29. The van der Waals surface area contributed by atoms with E-state index in [1.165, 1.54) is 7.11 Å². The third kappa shape index (κ3) is 2.50. The number of carbonyl (C=O) groups excluding carboxylic acids is 1. The second-order valence-electron chi connectivity index (χ2n) is 3.39. The normalized spacial score (nSPS) is 28.7. The van der Waals surface area contributed by atoms with Gasteiger partial charge < -0.3 is 9.64 Å². The van der Waals surface area contributed by atoms with Crippen LogP contribution in [-0.2, 0) is 4.74 Å². The van der Waals surface area contributed by atoms with Gasteiger partial charge in [-0.15, -0.1) is 11.6 Å². The number of carbonyl (C=O) groups is 1. The molecule has 76 valence electrons. The number of piperidine rings is 1. The van der Waals surface area contributed by atoms with E-state index in [4.69, 9.17) is 11.6 Å². The highest BCUT2D eigenvalue weighted by atomic mass is 35.5. The Morgan fingerprint density at radius 2 is 2.38 bits per heavy atom. The van der Waals surface area contributed by atoms with Crippen LogP contribution in [0.4, 0.5) is 4.79 Å². The summed E-state index contributed by atoms with van der Waals surface area (Å²) in [5.74, 6) is 0.412. The van der Waals surface area contributed by atoms with E-state index in [0.717, 1.165) is 25.9 Å². The molecular weight excluding hydrogens is 190 g/mol. The van der Waals surface area contributed by atoms with Crippen molar-refractivity contribution in [2.24, 2.45) is 5.92 Å². The van der Waals surface area contributed by atoms with Crippen molar-refractivity contribution in [3.8, 4) is 0 Å². The Hall–Kier alpha value is -0.440. The van der Waals surface area contributed by atoms with Gasteiger partial charge in [-0.3, -0.25) is 0 Å². The molecule has 2 atom stereocenters. The van der Waals surface area contributed by atoms with E-state index in [0.29, 0.717) is 5.92 Å². The predicted molar refractivity (Wildman–Crippen MR) is 52.0 cm³/mol. The largest absolute Gasteiger partial charge is 0.453 e. The van der Waals surface area contributed by atoms with E-state index in [1.54, 1.807) is 4.90 Å². The van der Waals surface area contributed by atoms with Crippen LogP contribution in [0.25, 0.3) is 0 Å². The lowest BCUT2D eigenvalue weighted by Gasteiger charge is -2.34. The Bertz CT molecular complexity index is 186. The SMILES string of the molecule is CC[C@H]1CN(C(=O)OC)CC[C@@H]1Cl. The van der Waals surface area contributed by atoms with Crippen molar-refractivity contribution in [1.29, 1.82) is 0 Å². The Morgan fingerprint density at radius 3 is 2.92 bits per heavy atom. The lowest BCUT2D eigenvalue weighted by molar-refractivity contribution is 0.102. The summed E-state index contributed by atoms with van der Waals surface area (Å²) in [6.07, 6.45) is 1.65. The molecule has 0 aromatic carbocycles. The second-order valence-corrected chi connectivity index (χ2v) is 3.95. The minimum Gasteiger partial charge on any atom is -0.453 e. The van der Waals surface area contributed by atoms with Crippen molar-refractivity contribution >= 4 is 17.7 Å². The summed E-state index contributed by atoms with van der Waals surface area (Å²) in [4.78, 5) is 12.9. The monoisotopic (exact) mass is 205 g/mol. The highest BCUT2D eigenvalue weighted by Crippen LogP contribution is 2.24. The average molecular weight is 206 g/mol. The first-order valence-corrected chi connectivity index (χ1v) is 5.09. The maximum atomic E-state index is 11.2. The van der Waals surface area contributed by atoms with Crippen LogP contribution < -0.4 is 0 Å². The molecule has 0 spiro atoms. The quantitative estimate of drug-likeness (QED) is 0.614. The molecule has 1 heterocycles. The molecule has 0 aromatic heterocycles. The van der Waals surface area contributed by atoms with E-state index in [1.807, 2.05) is 0 Å². The lowest BCUT2D eigenvalue weighted by Crippen LogP contribution is -2.44. The molecule has 0 radical (unpaired) electrons. The predicted octanol–water partition coefficient (Wildman–Crippen LogP) is 2.09. The molecule has 1 aliphatic rings. The molecule has 1 amide bonds. The molecule has 0 aliphatic carbocycles. The zero-order valence-electron chi connectivity index (χ0n) is 8.12. The van der Waals surface area contributed by atoms with Gasteiger partial charge in [0.2, 0.25) is 0 Å². The maximum absolute atomic E-state index is 11.2. The first-order valence-electron chi connectivity index (χ1n) is 4.66. The molecular formula is C9H16ClNO2. The fraction of sp³-hybridized carbons (Fsp3) is 0.889. The molecule has 3 nitrogen and oxygen atoms in total. The topological polar surface area (TPSA) is 29.5 Å². The van der Waals surface area contributed by atoms with E-state index in [-0.39, 0.29) is 11.5 Å². The number of amides is 1.